The van der Waals surface area contributed by atoms with E-state index in [-0.39, 0.29) is 22.8 Å². The first-order chi connectivity index (χ1) is 15.6. The first-order valence-electron chi connectivity index (χ1n) is 11.8. The van der Waals surface area contributed by atoms with Crippen LogP contribution in [0.1, 0.15) is 64.9 Å². The Morgan fingerprint density at radius 2 is 1.82 bits per heavy atom. The van der Waals surface area contributed by atoms with E-state index in [1.165, 1.54) is 5.56 Å². The van der Waals surface area contributed by atoms with Crippen molar-refractivity contribution in [2.75, 3.05) is 19.6 Å². The molecular weight excluding hydrogens is 416 g/mol. The number of amides is 2. The summed E-state index contributed by atoms with van der Waals surface area (Å²) >= 11 is 0. The lowest BCUT2D eigenvalue weighted by Crippen LogP contribution is -2.69. The van der Waals surface area contributed by atoms with Crippen molar-refractivity contribution in [2.45, 2.75) is 76.0 Å². The standard InChI is InChI=1S/C26H34N4O3/c1-5-6-13-26(28-29-26)14-12-21(31)27-17-25(20-10-8-7-9-11-20)15-24(16-25)18-30(19-24)22(32)33-23(2,3)4/h1,7-11H,6,12-19H2,2-4H3,(H,27,31). The fourth-order valence-corrected chi connectivity index (χ4v) is 5.39. The Bertz CT molecular complexity index is 953. The van der Waals surface area contributed by atoms with Gasteiger partial charge in [-0.05, 0) is 39.2 Å². The number of rotatable bonds is 8. The summed E-state index contributed by atoms with van der Waals surface area (Å²) in [6, 6.07) is 10.4. The third-order valence-electron chi connectivity index (χ3n) is 6.95. The molecule has 1 N–H and O–H groups in total. The molecule has 1 aromatic rings. The van der Waals surface area contributed by atoms with Gasteiger partial charge in [-0.1, -0.05) is 30.3 Å². The molecule has 3 aliphatic rings. The molecule has 7 nitrogen and oxygen atoms in total. The van der Waals surface area contributed by atoms with Gasteiger partial charge >= 0.3 is 6.09 Å². The predicted octanol–water partition coefficient (Wildman–Crippen LogP) is 4.43. The molecule has 0 unspecified atom stereocenters. The highest BCUT2D eigenvalue weighted by Crippen LogP contribution is 2.59. The summed E-state index contributed by atoms with van der Waals surface area (Å²) in [6.07, 6.45) is 9.31. The molecule has 1 aliphatic carbocycles. The summed E-state index contributed by atoms with van der Waals surface area (Å²) in [5.41, 5.74) is 0.329. The van der Waals surface area contributed by atoms with Gasteiger partial charge in [0.1, 0.15) is 5.60 Å². The molecule has 0 aromatic heterocycles. The molecule has 1 spiro atoms. The van der Waals surface area contributed by atoms with Crippen molar-refractivity contribution in [1.82, 2.24) is 10.2 Å². The number of carbonyl (C=O) groups excluding carboxylic acids is 2. The predicted molar refractivity (Wildman–Crippen MR) is 125 cm³/mol. The van der Waals surface area contributed by atoms with Crippen molar-refractivity contribution in [2.24, 2.45) is 15.6 Å². The van der Waals surface area contributed by atoms with Crippen molar-refractivity contribution in [3.63, 3.8) is 0 Å². The molecule has 176 valence electrons. The summed E-state index contributed by atoms with van der Waals surface area (Å²) in [5.74, 6) is 2.64. The molecule has 0 radical (unpaired) electrons. The third-order valence-corrected chi connectivity index (χ3v) is 6.95. The van der Waals surface area contributed by atoms with Crippen LogP contribution in [0.15, 0.2) is 40.6 Å². The zero-order valence-corrected chi connectivity index (χ0v) is 19.9. The van der Waals surface area contributed by atoms with Crippen molar-refractivity contribution < 1.29 is 14.3 Å². The van der Waals surface area contributed by atoms with Gasteiger partial charge < -0.3 is 15.0 Å². The van der Waals surface area contributed by atoms with Crippen molar-refractivity contribution in [3.8, 4) is 12.3 Å². The average molecular weight is 451 g/mol. The first kappa shape index (κ1) is 23.3. The molecule has 7 heteroatoms. The summed E-state index contributed by atoms with van der Waals surface area (Å²) in [7, 11) is 0. The lowest BCUT2D eigenvalue weighted by atomic mass is 9.47. The first-order valence-corrected chi connectivity index (χ1v) is 11.8. The Hall–Kier alpha value is -2.88. The van der Waals surface area contributed by atoms with Gasteiger partial charge in [0.2, 0.25) is 5.91 Å². The van der Waals surface area contributed by atoms with Gasteiger partial charge in [-0.2, -0.15) is 10.2 Å². The number of carbonyl (C=O) groups is 2. The van der Waals surface area contributed by atoms with Crippen LogP contribution in [0, 0.1) is 17.8 Å². The van der Waals surface area contributed by atoms with E-state index in [1.807, 2.05) is 39.0 Å². The molecule has 33 heavy (non-hydrogen) atoms. The SMILES string of the molecule is C#CCCC1(CCC(=O)NCC2(c3ccccc3)CC3(CN(C(=O)OC(C)(C)C)C3)C2)N=N1. The minimum atomic E-state index is -0.488. The lowest BCUT2D eigenvalue weighted by molar-refractivity contribution is -0.125. The number of benzene rings is 1. The largest absolute Gasteiger partial charge is 0.444 e. The molecule has 2 aliphatic heterocycles. The topological polar surface area (TPSA) is 83.4 Å². The van der Waals surface area contributed by atoms with Crippen LogP contribution in [0.5, 0.6) is 0 Å². The Balaban J connectivity index is 1.31. The van der Waals surface area contributed by atoms with E-state index in [1.54, 1.807) is 4.90 Å². The van der Waals surface area contributed by atoms with E-state index in [4.69, 9.17) is 11.2 Å². The number of nitrogens with one attached hydrogen (secondary N) is 1. The maximum Gasteiger partial charge on any atom is 0.410 e. The number of likely N-dealkylation sites (tertiary alicyclic amines) is 1. The minimum absolute atomic E-state index is 0.0210. The van der Waals surface area contributed by atoms with Gasteiger partial charge in [-0.3, -0.25) is 4.79 Å². The van der Waals surface area contributed by atoms with Crippen LogP contribution in [0.25, 0.3) is 0 Å². The average Bonchev–Trinajstić information content (AvgIpc) is 3.48. The maximum atomic E-state index is 12.6. The van der Waals surface area contributed by atoms with Crippen LogP contribution in [0.4, 0.5) is 4.79 Å². The number of nitrogens with zero attached hydrogens (tertiary/aromatic N) is 3. The second-order valence-electron chi connectivity index (χ2n) is 11.0. The van der Waals surface area contributed by atoms with Gasteiger partial charge in [0.05, 0.1) is 0 Å². The van der Waals surface area contributed by atoms with Crippen LogP contribution in [0.2, 0.25) is 0 Å². The molecule has 4 rings (SSSR count). The Morgan fingerprint density at radius 3 is 2.39 bits per heavy atom. The van der Waals surface area contributed by atoms with Crippen molar-refractivity contribution in [3.05, 3.63) is 35.9 Å². The van der Waals surface area contributed by atoms with Crippen LogP contribution in [-0.2, 0) is 14.9 Å². The summed E-state index contributed by atoms with van der Waals surface area (Å²) in [6.45, 7) is 7.67. The van der Waals surface area contributed by atoms with Crippen molar-refractivity contribution in [1.29, 1.82) is 0 Å². The van der Waals surface area contributed by atoms with E-state index in [0.29, 0.717) is 45.3 Å². The van der Waals surface area contributed by atoms with Gasteiger partial charge in [0, 0.05) is 56.1 Å². The highest BCUT2D eigenvalue weighted by atomic mass is 16.6. The zero-order chi connectivity index (χ0) is 23.7. The zero-order valence-electron chi connectivity index (χ0n) is 19.9. The number of ether oxygens (including phenoxy) is 1. The minimum Gasteiger partial charge on any atom is -0.444 e. The van der Waals surface area contributed by atoms with E-state index < -0.39 is 11.3 Å². The van der Waals surface area contributed by atoms with Gasteiger partial charge in [-0.15, -0.1) is 12.3 Å². The third kappa shape index (κ3) is 5.21. The molecule has 0 bridgehead atoms. The molecule has 0 atom stereocenters. The molecule has 1 saturated carbocycles. The summed E-state index contributed by atoms with van der Waals surface area (Å²) in [4.78, 5) is 26.8. The fraction of sp³-hybridized carbons (Fsp3) is 0.615. The highest BCUT2D eigenvalue weighted by Gasteiger charge is 2.61. The van der Waals surface area contributed by atoms with Crippen molar-refractivity contribution >= 4 is 12.0 Å². The van der Waals surface area contributed by atoms with Gasteiger partial charge in [0.15, 0.2) is 5.66 Å². The molecule has 2 fully saturated rings. The molecule has 1 aromatic carbocycles. The molecule has 1 saturated heterocycles. The van der Waals surface area contributed by atoms with Crippen LogP contribution in [-0.4, -0.2) is 47.8 Å². The smallest absolute Gasteiger partial charge is 0.410 e. The second-order valence-corrected chi connectivity index (χ2v) is 11.0. The molecule has 2 amide bonds. The van der Waals surface area contributed by atoms with E-state index in [9.17, 15) is 9.59 Å². The number of terminal acetylenes is 1. The number of hydrogen-bond donors (Lipinski definition) is 1. The Labute approximate surface area is 196 Å². The fourth-order valence-electron chi connectivity index (χ4n) is 5.39. The molecular formula is C26H34N4O3. The summed E-state index contributed by atoms with van der Waals surface area (Å²) < 4.78 is 5.51. The lowest BCUT2D eigenvalue weighted by Gasteiger charge is -2.64. The van der Waals surface area contributed by atoms with Crippen LogP contribution in [0.3, 0.4) is 0 Å². The van der Waals surface area contributed by atoms with Gasteiger partial charge in [-0.25, -0.2) is 4.79 Å². The number of hydrogen-bond acceptors (Lipinski definition) is 5. The Kier molecular flexibility index (Phi) is 5.98. The van der Waals surface area contributed by atoms with Crippen LogP contribution < -0.4 is 5.32 Å². The highest BCUT2D eigenvalue weighted by molar-refractivity contribution is 5.76. The second kappa shape index (κ2) is 8.48. The monoisotopic (exact) mass is 450 g/mol. The quantitative estimate of drug-likeness (QED) is 0.595. The maximum absolute atomic E-state index is 12.6. The molecule has 2 heterocycles. The van der Waals surface area contributed by atoms with E-state index in [0.717, 1.165) is 12.8 Å². The van der Waals surface area contributed by atoms with E-state index >= 15 is 0 Å². The summed E-state index contributed by atoms with van der Waals surface area (Å²) in [5, 5.41) is 11.4. The Morgan fingerprint density at radius 1 is 1.15 bits per heavy atom. The van der Waals surface area contributed by atoms with E-state index in [2.05, 4.69) is 33.6 Å². The van der Waals surface area contributed by atoms with Gasteiger partial charge in [0.25, 0.3) is 0 Å². The van der Waals surface area contributed by atoms with Crippen LogP contribution >= 0.6 is 0 Å². The normalized spacial score (nSPS) is 20.8.